The van der Waals surface area contributed by atoms with Crippen molar-refractivity contribution in [3.8, 4) is 0 Å². The van der Waals surface area contributed by atoms with E-state index in [9.17, 15) is 9.90 Å². The predicted octanol–water partition coefficient (Wildman–Crippen LogP) is 2.68. The molecule has 3 nitrogen and oxygen atoms in total. The normalized spacial score (nSPS) is 19.7. The van der Waals surface area contributed by atoms with E-state index in [1.807, 2.05) is 18.4 Å². The van der Waals surface area contributed by atoms with Gasteiger partial charge in [0.1, 0.15) is 0 Å². The van der Waals surface area contributed by atoms with Gasteiger partial charge in [0.2, 0.25) is 0 Å². The van der Waals surface area contributed by atoms with E-state index in [1.165, 1.54) is 4.90 Å². The number of halogens is 1. The maximum Gasteiger partial charge on any atom is 0.307 e. The first-order valence-corrected chi connectivity index (χ1v) is 7.49. The van der Waals surface area contributed by atoms with E-state index in [2.05, 4.69) is 17.4 Å². The first kappa shape index (κ1) is 16.3. The first-order valence-electron chi connectivity index (χ1n) is 6.27. The molecule has 106 valence electrons. The Morgan fingerprint density at radius 1 is 1.58 bits per heavy atom. The van der Waals surface area contributed by atoms with Crippen LogP contribution in [0.25, 0.3) is 0 Å². The Balaban J connectivity index is 0.00000180. The lowest BCUT2D eigenvalue weighted by Crippen LogP contribution is -2.27. The fraction of sp³-hybridized carbons (Fsp3) is 0.500. The van der Waals surface area contributed by atoms with Crippen LogP contribution in [-0.2, 0) is 11.2 Å². The van der Waals surface area contributed by atoms with E-state index >= 15 is 0 Å². The summed E-state index contributed by atoms with van der Waals surface area (Å²) in [6.07, 6.45) is 3.64. The summed E-state index contributed by atoms with van der Waals surface area (Å²) < 4.78 is 0. The van der Waals surface area contributed by atoms with Crippen LogP contribution in [-0.4, -0.2) is 30.4 Å². The second-order valence-corrected chi connectivity index (χ2v) is 5.63. The molecule has 0 bridgehead atoms. The number of hydrogen-bond acceptors (Lipinski definition) is 3. The van der Waals surface area contributed by atoms with Crippen LogP contribution in [0.1, 0.15) is 12.0 Å². The maximum atomic E-state index is 11.4. The van der Waals surface area contributed by atoms with E-state index in [0.717, 1.165) is 25.1 Å². The molecule has 1 aliphatic rings. The predicted molar refractivity (Wildman–Crippen MR) is 81.3 cm³/mol. The lowest BCUT2D eigenvalue weighted by molar-refractivity contribution is -0.143. The van der Waals surface area contributed by atoms with Gasteiger partial charge in [0.25, 0.3) is 0 Å². The quantitative estimate of drug-likeness (QED) is 0.821. The molecule has 0 radical (unpaired) electrons. The largest absolute Gasteiger partial charge is 0.481 e. The van der Waals surface area contributed by atoms with Crippen LogP contribution in [0.4, 0.5) is 0 Å². The number of hydrogen-bond donors (Lipinski definition) is 2. The standard InChI is InChI=1S/C14H19NO2S.ClH/c1-18-12-4-2-3-10(7-12)8-13(14(16)17)11-5-6-15-9-11;/h2-4,7,11,13,15H,5-6,8-9H2,1H3,(H,16,17);1H/t11-,13-;/m0./s1. The highest BCUT2D eigenvalue weighted by Gasteiger charge is 2.30. The summed E-state index contributed by atoms with van der Waals surface area (Å²) in [5.74, 6) is -0.671. The van der Waals surface area contributed by atoms with Crippen molar-refractivity contribution in [1.29, 1.82) is 0 Å². The Morgan fingerprint density at radius 3 is 2.95 bits per heavy atom. The Bertz CT molecular complexity index is 422. The number of carboxylic acid groups (broad SMARTS) is 1. The van der Waals surface area contributed by atoms with Crippen molar-refractivity contribution in [2.24, 2.45) is 11.8 Å². The van der Waals surface area contributed by atoms with Gasteiger partial charge in [-0.15, -0.1) is 24.2 Å². The molecule has 2 N–H and O–H groups in total. The summed E-state index contributed by atoms with van der Waals surface area (Å²) in [6.45, 7) is 1.78. The molecule has 0 aliphatic carbocycles. The Hall–Kier alpha value is -0.710. The van der Waals surface area contributed by atoms with Crippen LogP contribution in [0.2, 0.25) is 0 Å². The van der Waals surface area contributed by atoms with Crippen LogP contribution in [0.15, 0.2) is 29.2 Å². The van der Waals surface area contributed by atoms with Gasteiger partial charge >= 0.3 is 5.97 Å². The van der Waals surface area contributed by atoms with Crippen LogP contribution in [0.3, 0.4) is 0 Å². The number of rotatable bonds is 5. The van der Waals surface area contributed by atoms with Crippen LogP contribution in [0, 0.1) is 11.8 Å². The molecule has 1 aliphatic heterocycles. The Morgan fingerprint density at radius 2 is 2.37 bits per heavy atom. The highest BCUT2D eigenvalue weighted by molar-refractivity contribution is 7.98. The summed E-state index contributed by atoms with van der Waals surface area (Å²) in [5.41, 5.74) is 1.13. The van der Waals surface area contributed by atoms with Crippen molar-refractivity contribution in [3.63, 3.8) is 0 Å². The fourth-order valence-electron chi connectivity index (χ4n) is 2.53. The van der Waals surface area contributed by atoms with Gasteiger partial charge in [0.15, 0.2) is 0 Å². The van der Waals surface area contributed by atoms with E-state index in [0.29, 0.717) is 6.42 Å². The van der Waals surface area contributed by atoms with Gasteiger partial charge < -0.3 is 10.4 Å². The molecule has 0 aromatic heterocycles. The molecule has 2 atom stereocenters. The number of carbonyl (C=O) groups is 1. The van der Waals surface area contributed by atoms with Gasteiger partial charge in [-0.25, -0.2) is 0 Å². The number of benzene rings is 1. The third kappa shape index (κ3) is 4.41. The van der Waals surface area contributed by atoms with Crippen molar-refractivity contribution >= 4 is 30.1 Å². The maximum absolute atomic E-state index is 11.4. The van der Waals surface area contributed by atoms with Crippen LogP contribution in [0.5, 0.6) is 0 Å². The molecule has 1 heterocycles. The summed E-state index contributed by atoms with van der Waals surface area (Å²) in [4.78, 5) is 12.6. The van der Waals surface area contributed by atoms with Crippen molar-refractivity contribution < 1.29 is 9.90 Å². The third-order valence-electron chi connectivity index (χ3n) is 3.57. The zero-order valence-electron chi connectivity index (χ0n) is 11.0. The molecule has 2 rings (SSSR count). The second kappa shape index (κ2) is 7.78. The van der Waals surface area contributed by atoms with Gasteiger partial charge in [-0.3, -0.25) is 4.79 Å². The molecule has 0 unspecified atom stereocenters. The molecule has 19 heavy (non-hydrogen) atoms. The Labute approximate surface area is 124 Å². The molecule has 0 saturated carbocycles. The summed E-state index contributed by atoms with van der Waals surface area (Å²) in [6, 6.07) is 8.19. The zero-order chi connectivity index (χ0) is 13.0. The number of nitrogens with one attached hydrogen (secondary N) is 1. The SMILES string of the molecule is CSc1cccc(C[C@H](C(=O)O)[C@H]2CCNC2)c1.Cl. The van der Waals surface area contributed by atoms with Crippen LogP contribution < -0.4 is 5.32 Å². The lowest BCUT2D eigenvalue weighted by Gasteiger charge is -2.18. The topological polar surface area (TPSA) is 49.3 Å². The van der Waals surface area contributed by atoms with Gasteiger partial charge in [0.05, 0.1) is 5.92 Å². The molecule has 0 spiro atoms. The minimum atomic E-state index is -0.668. The molecule has 1 aromatic carbocycles. The van der Waals surface area contributed by atoms with Crippen molar-refractivity contribution in [2.75, 3.05) is 19.3 Å². The molecular formula is C14H20ClNO2S. The van der Waals surface area contributed by atoms with Gasteiger partial charge in [-0.1, -0.05) is 12.1 Å². The molecular weight excluding hydrogens is 282 g/mol. The van der Waals surface area contributed by atoms with E-state index < -0.39 is 5.97 Å². The van der Waals surface area contributed by atoms with Gasteiger partial charge in [-0.05, 0) is 55.8 Å². The third-order valence-corrected chi connectivity index (χ3v) is 4.30. The lowest BCUT2D eigenvalue weighted by atomic mass is 9.86. The minimum absolute atomic E-state index is 0. The second-order valence-electron chi connectivity index (χ2n) is 4.75. The number of carboxylic acids is 1. The van der Waals surface area contributed by atoms with Gasteiger partial charge in [0, 0.05) is 4.90 Å². The van der Waals surface area contributed by atoms with E-state index in [-0.39, 0.29) is 24.2 Å². The molecule has 1 saturated heterocycles. The molecule has 5 heteroatoms. The van der Waals surface area contributed by atoms with E-state index in [4.69, 9.17) is 0 Å². The Kier molecular flexibility index (Phi) is 6.69. The molecule has 1 aromatic rings. The first-order chi connectivity index (χ1) is 8.70. The molecule has 0 amide bonds. The summed E-state index contributed by atoms with van der Waals surface area (Å²) in [5, 5.41) is 12.6. The van der Waals surface area contributed by atoms with Crippen LogP contribution >= 0.6 is 24.2 Å². The number of aliphatic carboxylic acids is 1. The smallest absolute Gasteiger partial charge is 0.307 e. The van der Waals surface area contributed by atoms with Crippen molar-refractivity contribution in [3.05, 3.63) is 29.8 Å². The highest BCUT2D eigenvalue weighted by Crippen LogP contribution is 2.25. The van der Waals surface area contributed by atoms with Gasteiger partial charge in [-0.2, -0.15) is 0 Å². The number of thioether (sulfide) groups is 1. The molecule has 1 fully saturated rings. The zero-order valence-corrected chi connectivity index (χ0v) is 12.6. The fourth-order valence-corrected chi connectivity index (χ4v) is 3.01. The monoisotopic (exact) mass is 301 g/mol. The van der Waals surface area contributed by atoms with Crippen molar-refractivity contribution in [2.45, 2.75) is 17.7 Å². The highest BCUT2D eigenvalue weighted by atomic mass is 35.5. The van der Waals surface area contributed by atoms with Crippen molar-refractivity contribution in [1.82, 2.24) is 5.32 Å². The summed E-state index contributed by atoms with van der Waals surface area (Å²) in [7, 11) is 0. The van der Waals surface area contributed by atoms with E-state index in [1.54, 1.807) is 11.8 Å². The average Bonchev–Trinajstić information content (AvgIpc) is 2.89. The minimum Gasteiger partial charge on any atom is -0.481 e. The summed E-state index contributed by atoms with van der Waals surface area (Å²) >= 11 is 1.69. The average molecular weight is 302 g/mol.